The van der Waals surface area contributed by atoms with E-state index in [1.807, 2.05) is 0 Å². The molecule has 1 N–H and O–H groups in total. The normalized spacial score (nSPS) is 6.40. The van der Waals surface area contributed by atoms with E-state index in [9.17, 15) is 0 Å². The van der Waals surface area contributed by atoms with E-state index in [4.69, 9.17) is 10.4 Å². The van der Waals surface area contributed by atoms with E-state index < -0.39 is 0 Å². The first-order valence-electron chi connectivity index (χ1n) is 1.39. The molecule has 0 aliphatic carbocycles. The average Bonchev–Trinajstić information content (AvgIpc) is 1.41. The molecule has 0 unspecified atom stereocenters. The van der Waals surface area contributed by atoms with Crippen molar-refractivity contribution in [2.45, 2.75) is 6.42 Å². The van der Waals surface area contributed by atoms with Crippen LogP contribution in [0.15, 0.2) is 0 Å². The molecule has 0 saturated carbocycles. The van der Waals surface area contributed by atoms with Crippen LogP contribution in [0.4, 0.5) is 0 Å². The third-order valence-electron chi connectivity index (χ3n) is 0.224. The summed E-state index contributed by atoms with van der Waals surface area (Å²) in [6.45, 7) is -0.0174. The van der Waals surface area contributed by atoms with Gasteiger partial charge in [0, 0.05) is 0 Å². The predicted molar refractivity (Wildman–Crippen MR) is 17.3 cm³/mol. The van der Waals surface area contributed by atoms with Crippen LogP contribution < -0.4 is 0 Å². The van der Waals surface area contributed by atoms with Gasteiger partial charge in [0.2, 0.25) is 0 Å². The van der Waals surface area contributed by atoms with Gasteiger partial charge in [-0.2, -0.15) is 5.26 Å². The number of hydrogen-bond acceptors (Lipinski definition) is 2. The van der Waals surface area contributed by atoms with E-state index in [1.165, 1.54) is 0 Å². The summed E-state index contributed by atoms with van der Waals surface area (Å²) in [5, 5.41) is 15.5. The van der Waals surface area contributed by atoms with Crippen LogP contribution in [-0.2, 0) is 0 Å². The second kappa shape index (κ2) is 3.45. The Morgan fingerprint density at radius 3 is 2.40 bits per heavy atom. The van der Waals surface area contributed by atoms with Crippen LogP contribution in [0, 0.1) is 11.3 Å². The first kappa shape index (κ1) is 4.45. The molecule has 0 rings (SSSR count). The average molecular weight is 72.1 g/mol. The maximum atomic E-state index is 7.84. The quantitative estimate of drug-likeness (QED) is 0.439. The van der Waals surface area contributed by atoms with Crippen molar-refractivity contribution in [3.8, 4) is 6.07 Å². The van der Waals surface area contributed by atoms with Crippen molar-refractivity contribution in [1.82, 2.24) is 0 Å². The molecule has 0 radical (unpaired) electrons. The van der Waals surface area contributed by atoms with Crippen molar-refractivity contribution < 1.29 is 5.11 Å². The minimum atomic E-state index is -0.0174. The fourth-order valence-electron chi connectivity index (χ4n) is 0.0500. The van der Waals surface area contributed by atoms with Crippen molar-refractivity contribution in [3.05, 3.63) is 0 Å². The monoisotopic (exact) mass is 72.0 g/mol. The lowest BCUT2D eigenvalue weighted by Crippen LogP contribution is -1.72. The lowest BCUT2D eigenvalue weighted by Gasteiger charge is -1.67. The Hall–Kier alpha value is -0.550. The Morgan fingerprint density at radius 1 is 1.80 bits per heavy atom. The first-order chi connectivity index (χ1) is 2.41. The molecule has 0 fully saturated rings. The molecule has 0 saturated heterocycles. The van der Waals surface area contributed by atoms with Crippen molar-refractivity contribution in [1.29, 1.82) is 5.26 Å². The van der Waals surface area contributed by atoms with Crippen LogP contribution in [0.25, 0.3) is 0 Å². The lowest BCUT2D eigenvalue weighted by molar-refractivity contribution is 0.304. The van der Waals surface area contributed by atoms with Crippen molar-refractivity contribution in [2.24, 2.45) is 0 Å². The van der Waals surface area contributed by atoms with Crippen LogP contribution in [0.3, 0.4) is 0 Å². The number of nitrogens with zero attached hydrogens (tertiary/aromatic N) is 1. The Labute approximate surface area is 30.7 Å². The molecule has 2 nitrogen and oxygen atoms in total. The van der Waals surface area contributed by atoms with E-state index in [0.29, 0.717) is 0 Å². The number of rotatable bonds is 1. The van der Waals surface area contributed by atoms with Gasteiger partial charge in [-0.1, -0.05) is 0 Å². The zero-order valence-corrected chi connectivity index (χ0v) is 2.81. The zero-order chi connectivity index (χ0) is 4.12. The molecule has 0 bridgehead atoms. The summed E-state index contributed by atoms with van der Waals surface area (Å²) in [5.74, 6) is 0. The standard InChI is InChI=1S/C3H5NO/c4-2-1-3-5/h5H,1,3H2/i2+1. The largest absolute Gasteiger partial charge is 0.395 e. The smallest absolute Gasteiger partial charge is 0.0645 e. The molecule has 28 valence electrons. The Kier molecular flexibility index (Phi) is 3.07. The van der Waals surface area contributed by atoms with Crippen molar-refractivity contribution in [3.63, 3.8) is 0 Å². The van der Waals surface area contributed by atoms with Crippen LogP contribution in [0.5, 0.6) is 0 Å². The minimum absolute atomic E-state index is 0.0174. The molecule has 0 atom stereocenters. The second-order valence-electron chi connectivity index (χ2n) is 0.632. The Morgan fingerprint density at radius 2 is 2.40 bits per heavy atom. The summed E-state index contributed by atoms with van der Waals surface area (Å²) in [7, 11) is 0. The van der Waals surface area contributed by atoms with E-state index in [-0.39, 0.29) is 13.0 Å². The minimum Gasteiger partial charge on any atom is -0.395 e. The number of hydrogen-bond donors (Lipinski definition) is 1. The van der Waals surface area contributed by atoms with Crippen LogP contribution in [0.1, 0.15) is 6.42 Å². The van der Waals surface area contributed by atoms with Gasteiger partial charge in [0.05, 0.1) is 19.1 Å². The number of aliphatic hydroxyl groups excluding tert-OH is 1. The van der Waals surface area contributed by atoms with Crippen molar-refractivity contribution in [2.75, 3.05) is 6.61 Å². The molecule has 0 aliphatic heterocycles. The first-order valence-corrected chi connectivity index (χ1v) is 1.39. The van der Waals surface area contributed by atoms with Gasteiger partial charge in [-0.25, -0.2) is 0 Å². The van der Waals surface area contributed by atoms with Gasteiger partial charge in [0.25, 0.3) is 0 Å². The van der Waals surface area contributed by atoms with E-state index in [0.717, 1.165) is 0 Å². The summed E-state index contributed by atoms with van der Waals surface area (Å²) < 4.78 is 0. The second-order valence-corrected chi connectivity index (χ2v) is 0.632. The molecule has 0 amide bonds. The molecule has 0 aromatic carbocycles. The van der Waals surface area contributed by atoms with Gasteiger partial charge >= 0.3 is 0 Å². The molecule has 5 heavy (non-hydrogen) atoms. The molecular formula is C3H5NO. The highest BCUT2D eigenvalue weighted by atomic mass is 16.3. The summed E-state index contributed by atoms with van der Waals surface area (Å²) in [4.78, 5) is 0. The van der Waals surface area contributed by atoms with Gasteiger partial charge in [-0.3, -0.25) is 0 Å². The van der Waals surface area contributed by atoms with E-state index in [1.54, 1.807) is 6.07 Å². The number of nitriles is 1. The van der Waals surface area contributed by atoms with Gasteiger partial charge in [-0.05, 0) is 0 Å². The fourth-order valence-corrected chi connectivity index (χ4v) is 0.0500. The molecule has 0 aliphatic rings. The molecular weight excluding hydrogens is 67.0 g/mol. The third-order valence-corrected chi connectivity index (χ3v) is 0.224. The van der Waals surface area contributed by atoms with E-state index in [2.05, 4.69) is 0 Å². The molecule has 0 spiro atoms. The lowest BCUT2D eigenvalue weighted by atomic mass is 10.7. The van der Waals surface area contributed by atoms with Gasteiger partial charge in [0.15, 0.2) is 0 Å². The maximum absolute atomic E-state index is 7.84. The summed E-state index contributed by atoms with van der Waals surface area (Å²) in [5.41, 5.74) is 0. The molecule has 0 aromatic rings. The van der Waals surface area contributed by atoms with Gasteiger partial charge in [0.1, 0.15) is 0 Å². The van der Waals surface area contributed by atoms with E-state index >= 15 is 0 Å². The topological polar surface area (TPSA) is 44.0 Å². The van der Waals surface area contributed by atoms with Crippen LogP contribution >= 0.6 is 0 Å². The number of aliphatic hydroxyl groups is 1. The van der Waals surface area contributed by atoms with Crippen molar-refractivity contribution >= 4 is 0 Å². The summed E-state index contributed by atoms with van der Waals surface area (Å²) in [6, 6.07) is 1.77. The highest BCUT2D eigenvalue weighted by Crippen LogP contribution is 1.62. The highest BCUT2D eigenvalue weighted by molar-refractivity contribution is 4.65. The molecule has 2 heteroatoms. The molecule has 0 heterocycles. The summed E-state index contributed by atoms with van der Waals surface area (Å²) >= 11 is 0. The zero-order valence-electron chi connectivity index (χ0n) is 2.81. The predicted octanol–water partition coefficient (Wildman–Crippen LogP) is -0.108. The van der Waals surface area contributed by atoms with Gasteiger partial charge < -0.3 is 5.11 Å². The Bertz CT molecular complexity index is 45.3. The van der Waals surface area contributed by atoms with Gasteiger partial charge in [-0.15, -0.1) is 0 Å². The van der Waals surface area contributed by atoms with Crippen LogP contribution in [-0.4, -0.2) is 11.7 Å². The fraction of sp³-hybridized carbons (Fsp3) is 0.667. The maximum Gasteiger partial charge on any atom is 0.0645 e. The SMILES string of the molecule is N#[13C]CCO. The highest BCUT2D eigenvalue weighted by Gasteiger charge is 1.66. The Balaban J connectivity index is 2.48. The van der Waals surface area contributed by atoms with Crippen LogP contribution in [0.2, 0.25) is 0 Å². The summed E-state index contributed by atoms with van der Waals surface area (Å²) in [6.07, 6.45) is 0.250. The third kappa shape index (κ3) is 3.45. The molecule has 0 aromatic heterocycles.